The third kappa shape index (κ3) is 8.36. The predicted octanol–water partition coefficient (Wildman–Crippen LogP) is 6.13. The summed E-state index contributed by atoms with van der Waals surface area (Å²) in [6.45, 7) is 6.94. The summed E-state index contributed by atoms with van der Waals surface area (Å²) in [6.07, 6.45) is 2.24. The minimum atomic E-state index is -0.363. The van der Waals surface area contributed by atoms with Crippen molar-refractivity contribution in [2.75, 3.05) is 39.2 Å². The molecular formula is C28H32BrN3O4S. The summed E-state index contributed by atoms with van der Waals surface area (Å²) < 4.78 is 11.6. The summed E-state index contributed by atoms with van der Waals surface area (Å²) in [6, 6.07) is 16.8. The van der Waals surface area contributed by atoms with Crippen LogP contribution in [0.4, 0.5) is 10.5 Å². The van der Waals surface area contributed by atoms with Gasteiger partial charge in [0.2, 0.25) is 5.91 Å². The number of aryl methyl sites for hydroxylation is 1. The molecule has 0 atom stereocenters. The summed E-state index contributed by atoms with van der Waals surface area (Å²) in [4.78, 5) is 32.0. The largest absolute Gasteiger partial charge is 0.493 e. The van der Waals surface area contributed by atoms with Gasteiger partial charge in [-0.2, -0.15) is 0 Å². The Morgan fingerprint density at radius 3 is 2.49 bits per heavy atom. The molecule has 1 aromatic heterocycles. The molecule has 1 N–H and O–H groups in total. The number of nitrogens with one attached hydrogen (secondary N) is 1. The second kappa shape index (κ2) is 13.9. The molecule has 0 bridgehead atoms. The molecule has 0 saturated heterocycles. The monoisotopic (exact) mass is 585 g/mol. The number of amides is 3. The van der Waals surface area contributed by atoms with Crippen LogP contribution < -0.4 is 14.8 Å². The molecule has 3 aromatic rings. The highest BCUT2D eigenvalue weighted by atomic mass is 79.9. The lowest BCUT2D eigenvalue weighted by Crippen LogP contribution is -2.44. The smallest absolute Gasteiger partial charge is 0.322 e. The van der Waals surface area contributed by atoms with Crippen molar-refractivity contribution in [3.8, 4) is 11.5 Å². The number of rotatable bonds is 12. The maximum absolute atomic E-state index is 13.5. The third-order valence-corrected chi connectivity index (χ3v) is 7.13. The molecule has 1 heterocycles. The maximum atomic E-state index is 13.5. The zero-order valence-electron chi connectivity index (χ0n) is 21.3. The third-order valence-electron chi connectivity index (χ3n) is 5.65. The maximum Gasteiger partial charge on any atom is 0.322 e. The Hall–Kier alpha value is -3.30. The summed E-state index contributed by atoms with van der Waals surface area (Å²) in [5.41, 5.74) is 1.66. The topological polar surface area (TPSA) is 71.1 Å². The van der Waals surface area contributed by atoms with E-state index in [4.69, 9.17) is 9.47 Å². The van der Waals surface area contributed by atoms with Gasteiger partial charge in [0.25, 0.3) is 0 Å². The van der Waals surface area contributed by atoms with Gasteiger partial charge in [-0.1, -0.05) is 34.1 Å². The van der Waals surface area contributed by atoms with Crippen molar-refractivity contribution in [3.63, 3.8) is 0 Å². The minimum Gasteiger partial charge on any atom is -0.493 e. The van der Waals surface area contributed by atoms with E-state index in [9.17, 15) is 9.59 Å². The molecule has 3 rings (SSSR count). The summed E-state index contributed by atoms with van der Waals surface area (Å²) in [5.74, 6) is 1.16. The molecule has 0 saturated carbocycles. The normalized spacial score (nSPS) is 10.5. The molecule has 0 spiro atoms. The van der Waals surface area contributed by atoms with Gasteiger partial charge in [0.1, 0.15) is 6.54 Å². The fraction of sp³-hybridized carbons (Fsp3) is 0.286. The first-order valence-electron chi connectivity index (χ1n) is 11.8. The van der Waals surface area contributed by atoms with Crippen LogP contribution in [0.15, 0.2) is 71.7 Å². The van der Waals surface area contributed by atoms with Gasteiger partial charge in [0.05, 0.1) is 20.8 Å². The van der Waals surface area contributed by atoms with Gasteiger partial charge < -0.3 is 24.6 Å². The zero-order chi connectivity index (χ0) is 26.8. The number of anilines is 1. The zero-order valence-corrected chi connectivity index (χ0v) is 23.7. The predicted molar refractivity (Wildman–Crippen MR) is 153 cm³/mol. The summed E-state index contributed by atoms with van der Waals surface area (Å²) in [7, 11) is 3.20. The number of urea groups is 1. The van der Waals surface area contributed by atoms with Gasteiger partial charge in [0, 0.05) is 33.0 Å². The Balaban J connectivity index is 1.74. The van der Waals surface area contributed by atoms with Crippen LogP contribution in [0.5, 0.6) is 11.5 Å². The van der Waals surface area contributed by atoms with Crippen LogP contribution in [-0.2, 0) is 17.8 Å². The number of benzene rings is 2. The fourth-order valence-corrected chi connectivity index (χ4v) is 5.06. The van der Waals surface area contributed by atoms with E-state index in [1.165, 1.54) is 9.78 Å². The molecule has 0 aliphatic carbocycles. The molecule has 37 heavy (non-hydrogen) atoms. The van der Waals surface area contributed by atoms with Crippen molar-refractivity contribution in [2.24, 2.45) is 0 Å². The average molecular weight is 587 g/mol. The van der Waals surface area contributed by atoms with Crippen molar-refractivity contribution in [1.82, 2.24) is 9.80 Å². The van der Waals surface area contributed by atoms with Crippen LogP contribution >= 0.6 is 27.3 Å². The number of hydrogen-bond acceptors (Lipinski definition) is 5. The number of hydrogen-bond donors (Lipinski definition) is 1. The van der Waals surface area contributed by atoms with Gasteiger partial charge in [-0.3, -0.25) is 4.79 Å². The van der Waals surface area contributed by atoms with E-state index in [0.717, 1.165) is 14.9 Å². The van der Waals surface area contributed by atoms with E-state index in [0.29, 0.717) is 36.7 Å². The first-order chi connectivity index (χ1) is 17.8. The standard InChI is InChI=1S/C28H32BrN3O4S/c1-5-14-32(28(34)30-23-8-6-7-22(29)17-23)19-27(33)31(18-24-11-9-20(2)37-24)15-13-21-10-12-25(35-3)26(16-21)36-4/h5-12,16-17H,1,13-15,18-19H2,2-4H3,(H,30,34). The van der Waals surface area contributed by atoms with Crippen molar-refractivity contribution in [2.45, 2.75) is 19.9 Å². The number of carbonyl (C=O) groups is 2. The quantitative estimate of drug-likeness (QED) is 0.260. The van der Waals surface area contributed by atoms with Crippen LogP contribution in [0.1, 0.15) is 15.3 Å². The lowest BCUT2D eigenvalue weighted by atomic mass is 10.1. The van der Waals surface area contributed by atoms with E-state index in [-0.39, 0.29) is 25.0 Å². The fourth-order valence-electron chi connectivity index (χ4n) is 3.76. The molecule has 0 unspecified atom stereocenters. The van der Waals surface area contributed by atoms with E-state index in [1.54, 1.807) is 48.7 Å². The van der Waals surface area contributed by atoms with Crippen LogP contribution in [-0.4, -0.2) is 55.6 Å². The van der Waals surface area contributed by atoms with Crippen molar-refractivity contribution in [3.05, 3.63) is 87.0 Å². The Morgan fingerprint density at radius 2 is 1.84 bits per heavy atom. The number of methoxy groups -OCH3 is 2. The van der Waals surface area contributed by atoms with E-state index < -0.39 is 0 Å². The molecule has 0 radical (unpaired) electrons. The first-order valence-corrected chi connectivity index (χ1v) is 13.4. The number of carbonyl (C=O) groups excluding carboxylic acids is 2. The molecule has 196 valence electrons. The molecule has 7 nitrogen and oxygen atoms in total. The highest BCUT2D eigenvalue weighted by molar-refractivity contribution is 9.10. The lowest BCUT2D eigenvalue weighted by molar-refractivity contribution is -0.132. The van der Waals surface area contributed by atoms with Gasteiger partial charge in [-0.15, -0.1) is 17.9 Å². The van der Waals surface area contributed by atoms with E-state index >= 15 is 0 Å². The second-order valence-electron chi connectivity index (χ2n) is 8.38. The summed E-state index contributed by atoms with van der Waals surface area (Å²) in [5, 5.41) is 2.86. The average Bonchev–Trinajstić information content (AvgIpc) is 3.30. The van der Waals surface area contributed by atoms with Crippen molar-refractivity contribution in [1.29, 1.82) is 0 Å². The van der Waals surface area contributed by atoms with E-state index in [1.807, 2.05) is 49.4 Å². The van der Waals surface area contributed by atoms with Gasteiger partial charge in [-0.25, -0.2) is 4.79 Å². The van der Waals surface area contributed by atoms with Gasteiger partial charge >= 0.3 is 6.03 Å². The molecule has 0 aliphatic heterocycles. The van der Waals surface area contributed by atoms with E-state index in [2.05, 4.69) is 27.8 Å². The molecule has 0 fully saturated rings. The Labute approximate surface area is 230 Å². The Morgan fingerprint density at radius 1 is 1.05 bits per heavy atom. The first kappa shape index (κ1) is 28.3. The van der Waals surface area contributed by atoms with Crippen LogP contribution in [0.25, 0.3) is 0 Å². The van der Waals surface area contributed by atoms with Crippen LogP contribution in [0.2, 0.25) is 0 Å². The highest BCUT2D eigenvalue weighted by Gasteiger charge is 2.22. The molecule has 3 amide bonds. The SMILES string of the molecule is C=CCN(CC(=O)N(CCc1ccc(OC)c(OC)c1)Cc1ccc(C)s1)C(=O)Nc1cccc(Br)c1. The van der Waals surface area contributed by atoms with Crippen LogP contribution in [0.3, 0.4) is 0 Å². The summed E-state index contributed by atoms with van der Waals surface area (Å²) >= 11 is 5.07. The number of nitrogens with zero attached hydrogens (tertiary/aromatic N) is 2. The second-order valence-corrected chi connectivity index (χ2v) is 10.7. The lowest BCUT2D eigenvalue weighted by Gasteiger charge is -2.27. The number of halogens is 1. The molecular weight excluding hydrogens is 554 g/mol. The minimum absolute atomic E-state index is 0.0673. The Bertz CT molecular complexity index is 1230. The van der Waals surface area contributed by atoms with Gasteiger partial charge in [-0.05, 0) is 61.4 Å². The number of ether oxygens (including phenoxy) is 2. The van der Waals surface area contributed by atoms with Crippen LogP contribution in [0, 0.1) is 6.92 Å². The van der Waals surface area contributed by atoms with Crippen molar-refractivity contribution >= 4 is 44.9 Å². The Kier molecular flexibility index (Phi) is 10.6. The molecule has 9 heteroatoms. The van der Waals surface area contributed by atoms with Gasteiger partial charge in [0.15, 0.2) is 11.5 Å². The highest BCUT2D eigenvalue weighted by Crippen LogP contribution is 2.28. The van der Waals surface area contributed by atoms with Crippen molar-refractivity contribution < 1.29 is 19.1 Å². The molecule has 2 aromatic carbocycles. The molecule has 0 aliphatic rings. The number of thiophene rings is 1.